The fourth-order valence-corrected chi connectivity index (χ4v) is 3.10. The van der Waals surface area contributed by atoms with Gasteiger partial charge in [0.15, 0.2) is 5.57 Å². The Balaban J connectivity index is 1.89. The molecule has 2 aromatic rings. The van der Waals surface area contributed by atoms with E-state index < -0.39 is 0 Å². The lowest BCUT2D eigenvalue weighted by Crippen LogP contribution is -2.05. The van der Waals surface area contributed by atoms with Gasteiger partial charge >= 0.3 is 0 Å². The molecule has 1 aromatic heterocycles. The van der Waals surface area contributed by atoms with Crippen LogP contribution in [-0.4, -0.2) is 9.97 Å². The van der Waals surface area contributed by atoms with E-state index in [1.807, 2.05) is 18.2 Å². The molecule has 6 nitrogen and oxygen atoms in total. The van der Waals surface area contributed by atoms with Gasteiger partial charge in [-0.15, -0.1) is 0 Å². The number of nitriles is 3. The topological polar surface area (TPSA) is 112 Å². The van der Waals surface area contributed by atoms with Gasteiger partial charge in [0.05, 0.1) is 11.0 Å². The number of anilines is 1. The number of H-pyrrole nitrogens is 1. The van der Waals surface area contributed by atoms with Crippen molar-refractivity contribution in [2.24, 2.45) is 0 Å². The zero-order valence-electron chi connectivity index (χ0n) is 13.1. The van der Waals surface area contributed by atoms with Crippen LogP contribution < -0.4 is 5.32 Å². The highest BCUT2D eigenvalue weighted by molar-refractivity contribution is 5.80. The molecule has 118 valence electrons. The molecule has 1 aliphatic carbocycles. The summed E-state index contributed by atoms with van der Waals surface area (Å²) in [6.07, 6.45) is 6.12. The molecule has 0 aliphatic heterocycles. The van der Waals surface area contributed by atoms with Crippen LogP contribution in [0.4, 0.5) is 5.69 Å². The second-order valence-electron chi connectivity index (χ2n) is 5.90. The number of fused-ring (bicyclic) bond motifs is 1. The van der Waals surface area contributed by atoms with Gasteiger partial charge < -0.3 is 10.3 Å². The molecule has 6 heteroatoms. The van der Waals surface area contributed by atoms with Crippen molar-refractivity contribution in [3.8, 4) is 18.2 Å². The summed E-state index contributed by atoms with van der Waals surface area (Å²) in [6.45, 7) is 0. The molecule has 24 heavy (non-hydrogen) atoms. The lowest BCUT2D eigenvalue weighted by Gasteiger charge is -2.18. The third-order valence-corrected chi connectivity index (χ3v) is 4.35. The third kappa shape index (κ3) is 3.07. The summed E-state index contributed by atoms with van der Waals surface area (Å²) < 4.78 is 0. The lowest BCUT2D eigenvalue weighted by atomic mass is 9.89. The van der Waals surface area contributed by atoms with Crippen LogP contribution in [0.1, 0.15) is 43.8 Å². The first-order chi connectivity index (χ1) is 11.7. The van der Waals surface area contributed by atoms with Gasteiger partial charge in [-0.2, -0.15) is 15.8 Å². The quantitative estimate of drug-likeness (QED) is 0.835. The summed E-state index contributed by atoms with van der Waals surface area (Å²) in [4.78, 5) is 8.05. The van der Waals surface area contributed by atoms with Crippen LogP contribution in [0.25, 0.3) is 11.0 Å². The van der Waals surface area contributed by atoms with Crippen LogP contribution in [0.5, 0.6) is 0 Å². The molecule has 0 unspecified atom stereocenters. The maximum absolute atomic E-state index is 9.11. The van der Waals surface area contributed by atoms with Crippen molar-refractivity contribution in [3.63, 3.8) is 0 Å². The average Bonchev–Trinajstić information content (AvgIpc) is 3.06. The number of allylic oxidation sites excluding steroid dienone is 2. The first-order valence-corrected chi connectivity index (χ1v) is 7.96. The summed E-state index contributed by atoms with van der Waals surface area (Å²) in [6, 6.07) is 10.8. The molecule has 1 aliphatic rings. The minimum absolute atomic E-state index is 0.0497. The van der Waals surface area contributed by atoms with Gasteiger partial charge in [-0.25, -0.2) is 4.98 Å². The van der Waals surface area contributed by atoms with Crippen molar-refractivity contribution in [1.82, 2.24) is 9.97 Å². The van der Waals surface area contributed by atoms with E-state index in [-0.39, 0.29) is 11.3 Å². The summed E-state index contributed by atoms with van der Waals surface area (Å²) in [5, 5.41) is 29.7. The van der Waals surface area contributed by atoms with E-state index in [9.17, 15) is 0 Å². The number of nitrogens with zero attached hydrogens (tertiary/aromatic N) is 4. The number of aromatic nitrogens is 2. The molecule has 1 aromatic carbocycles. The van der Waals surface area contributed by atoms with E-state index in [0.717, 1.165) is 16.9 Å². The van der Waals surface area contributed by atoms with Gasteiger partial charge in [0.2, 0.25) is 0 Å². The van der Waals surface area contributed by atoms with Crippen molar-refractivity contribution >= 4 is 16.7 Å². The van der Waals surface area contributed by atoms with Gasteiger partial charge in [-0.3, -0.25) is 0 Å². The van der Waals surface area contributed by atoms with E-state index in [2.05, 4.69) is 15.3 Å². The molecule has 0 spiro atoms. The van der Waals surface area contributed by atoms with Gasteiger partial charge in [0.25, 0.3) is 0 Å². The number of imidazole rings is 1. The minimum Gasteiger partial charge on any atom is -0.345 e. The lowest BCUT2D eigenvalue weighted by molar-refractivity contribution is 0.431. The second-order valence-corrected chi connectivity index (χ2v) is 5.90. The molecule has 3 rings (SSSR count). The van der Waals surface area contributed by atoms with E-state index in [1.165, 1.54) is 32.1 Å². The van der Waals surface area contributed by atoms with Crippen LogP contribution in [0.15, 0.2) is 29.5 Å². The van der Waals surface area contributed by atoms with Gasteiger partial charge in [0, 0.05) is 11.6 Å². The Labute approximate surface area is 140 Å². The van der Waals surface area contributed by atoms with E-state index in [0.29, 0.717) is 11.6 Å². The number of aromatic amines is 1. The highest BCUT2D eigenvalue weighted by atomic mass is 14.9. The largest absolute Gasteiger partial charge is 0.345 e. The molecule has 0 bridgehead atoms. The molecule has 1 saturated carbocycles. The molecule has 1 fully saturated rings. The molecule has 1 heterocycles. The first kappa shape index (κ1) is 15.6. The summed E-state index contributed by atoms with van der Waals surface area (Å²) in [5.74, 6) is 1.51. The number of nitrogens with one attached hydrogen (secondary N) is 2. The van der Waals surface area contributed by atoms with Crippen LogP contribution >= 0.6 is 0 Å². The zero-order valence-corrected chi connectivity index (χ0v) is 13.1. The normalized spacial score (nSPS) is 14.4. The smallest absolute Gasteiger partial charge is 0.163 e. The highest BCUT2D eigenvalue weighted by Gasteiger charge is 2.19. The van der Waals surface area contributed by atoms with E-state index in [4.69, 9.17) is 15.8 Å². The maximum Gasteiger partial charge on any atom is 0.163 e. The van der Waals surface area contributed by atoms with Crippen molar-refractivity contribution in [2.75, 3.05) is 5.32 Å². The maximum atomic E-state index is 9.11. The standard InChI is InChI=1S/C18H16N6/c19-9-13(10-20)17(11-21)22-14-6-7-15-16(8-14)24-18(23-15)12-4-2-1-3-5-12/h6-8,12,22H,1-5H2,(H,23,24). The van der Waals surface area contributed by atoms with Crippen LogP contribution in [0.3, 0.4) is 0 Å². The highest BCUT2D eigenvalue weighted by Crippen LogP contribution is 2.32. The Morgan fingerprint density at radius 2 is 1.83 bits per heavy atom. The number of hydrogen-bond donors (Lipinski definition) is 2. The van der Waals surface area contributed by atoms with E-state index in [1.54, 1.807) is 18.2 Å². The molecule has 0 radical (unpaired) electrons. The Morgan fingerprint density at radius 3 is 2.50 bits per heavy atom. The second kappa shape index (κ2) is 6.86. The molecule has 0 amide bonds. The predicted octanol–water partition coefficient (Wildman–Crippen LogP) is 3.85. The fourth-order valence-electron chi connectivity index (χ4n) is 3.10. The van der Waals surface area contributed by atoms with Crippen molar-refractivity contribution in [2.45, 2.75) is 38.0 Å². The summed E-state index contributed by atoms with van der Waals surface area (Å²) >= 11 is 0. The Morgan fingerprint density at radius 1 is 1.08 bits per heavy atom. The van der Waals surface area contributed by atoms with Gasteiger partial charge in [0.1, 0.15) is 29.7 Å². The molecule has 0 atom stereocenters. The summed E-state index contributed by atoms with van der Waals surface area (Å²) in [5.41, 5.74) is 2.12. The van der Waals surface area contributed by atoms with Crippen molar-refractivity contribution in [3.05, 3.63) is 35.3 Å². The third-order valence-electron chi connectivity index (χ3n) is 4.35. The fraction of sp³-hybridized carbons (Fsp3) is 0.333. The van der Waals surface area contributed by atoms with Crippen molar-refractivity contribution < 1.29 is 0 Å². The van der Waals surface area contributed by atoms with Crippen molar-refractivity contribution in [1.29, 1.82) is 15.8 Å². The zero-order chi connectivity index (χ0) is 16.9. The first-order valence-electron chi connectivity index (χ1n) is 7.96. The van der Waals surface area contributed by atoms with Crippen LogP contribution in [0.2, 0.25) is 0 Å². The van der Waals surface area contributed by atoms with Gasteiger partial charge in [-0.1, -0.05) is 19.3 Å². The Kier molecular flexibility index (Phi) is 4.45. The Bertz CT molecular complexity index is 894. The SMILES string of the molecule is N#CC(C#N)=C(C#N)Nc1ccc2nc(C3CCCCC3)[nH]c2c1. The predicted molar refractivity (Wildman–Crippen MR) is 89.4 cm³/mol. The number of rotatable bonds is 3. The van der Waals surface area contributed by atoms with Gasteiger partial charge in [-0.05, 0) is 31.0 Å². The minimum atomic E-state index is -0.231. The van der Waals surface area contributed by atoms with E-state index >= 15 is 0 Å². The van der Waals surface area contributed by atoms with Crippen LogP contribution in [-0.2, 0) is 0 Å². The Hall–Kier alpha value is -3.30. The molecule has 2 N–H and O–H groups in total. The van der Waals surface area contributed by atoms with Crippen LogP contribution in [0, 0.1) is 34.0 Å². The monoisotopic (exact) mass is 316 g/mol. The average molecular weight is 316 g/mol. The summed E-state index contributed by atoms with van der Waals surface area (Å²) in [7, 11) is 0. The molecular formula is C18H16N6. The number of hydrogen-bond acceptors (Lipinski definition) is 5. The molecular weight excluding hydrogens is 300 g/mol. The number of benzene rings is 1. The molecule has 0 saturated heterocycles.